The van der Waals surface area contributed by atoms with Crippen molar-refractivity contribution < 1.29 is 13.9 Å². The molecule has 168 valence electrons. The van der Waals surface area contributed by atoms with Crippen LogP contribution in [0, 0.1) is 0 Å². The number of amides is 1. The van der Waals surface area contributed by atoms with Gasteiger partial charge in [-0.2, -0.15) is 4.98 Å². The number of oxazole rings is 1. The van der Waals surface area contributed by atoms with Crippen LogP contribution in [0.3, 0.4) is 0 Å². The van der Waals surface area contributed by atoms with Gasteiger partial charge in [0.25, 0.3) is 6.01 Å². The summed E-state index contributed by atoms with van der Waals surface area (Å²) in [4.78, 5) is 26.2. The van der Waals surface area contributed by atoms with Crippen LogP contribution >= 0.6 is 11.3 Å². The Morgan fingerprint density at radius 2 is 2.00 bits per heavy atom. The molecule has 7 nitrogen and oxygen atoms in total. The molecule has 1 amide bonds. The van der Waals surface area contributed by atoms with Gasteiger partial charge in [-0.15, -0.1) is 11.3 Å². The fourth-order valence-electron chi connectivity index (χ4n) is 5.10. The first-order valence-corrected chi connectivity index (χ1v) is 12.3. The van der Waals surface area contributed by atoms with Gasteiger partial charge >= 0.3 is 6.09 Å². The second-order valence-electron chi connectivity index (χ2n) is 10.2. The predicted octanol–water partition coefficient (Wildman–Crippen LogP) is 5.42. The van der Waals surface area contributed by atoms with Crippen molar-refractivity contribution in [2.45, 2.75) is 70.1 Å². The Labute approximate surface area is 191 Å². The number of ether oxygens (including phenoxy) is 1. The summed E-state index contributed by atoms with van der Waals surface area (Å²) in [5.41, 5.74) is 3.63. The van der Waals surface area contributed by atoms with Gasteiger partial charge in [0.1, 0.15) is 16.1 Å². The first-order valence-electron chi connectivity index (χ1n) is 11.5. The number of aromatic nitrogens is 2. The van der Waals surface area contributed by atoms with E-state index in [1.165, 1.54) is 24.8 Å². The monoisotopic (exact) mass is 452 g/mol. The highest BCUT2D eigenvalue weighted by Gasteiger charge is 2.49. The molecule has 5 heterocycles. The number of hydrogen-bond acceptors (Lipinski definition) is 7. The molecule has 0 spiro atoms. The Bertz CT molecular complexity index is 1150. The Hall–Kier alpha value is -2.61. The van der Waals surface area contributed by atoms with Crippen molar-refractivity contribution in [1.29, 1.82) is 0 Å². The summed E-state index contributed by atoms with van der Waals surface area (Å²) < 4.78 is 12.0. The van der Waals surface area contributed by atoms with Crippen LogP contribution in [-0.4, -0.2) is 51.7 Å². The largest absolute Gasteiger partial charge is 0.444 e. The van der Waals surface area contributed by atoms with Crippen LogP contribution in [-0.2, 0) is 4.74 Å². The number of nitrogens with zero attached hydrogens (tertiary/aromatic N) is 4. The third kappa shape index (κ3) is 3.27. The fraction of sp³-hybridized carbons (Fsp3) is 0.542. The minimum atomic E-state index is -0.481. The third-order valence-electron chi connectivity index (χ3n) is 6.84. The van der Waals surface area contributed by atoms with Gasteiger partial charge in [-0.05, 0) is 57.6 Å². The molecule has 4 fully saturated rings. The lowest BCUT2D eigenvalue weighted by Crippen LogP contribution is -2.70. The number of piperidine rings is 1. The number of rotatable bonds is 3. The van der Waals surface area contributed by atoms with Crippen molar-refractivity contribution in [2.75, 3.05) is 18.0 Å². The number of carbonyl (C=O) groups is 1. The molecule has 3 aliphatic heterocycles. The third-order valence-corrected chi connectivity index (χ3v) is 7.65. The van der Waals surface area contributed by atoms with E-state index in [9.17, 15) is 4.79 Å². The van der Waals surface area contributed by atoms with Gasteiger partial charge in [0.05, 0.1) is 17.6 Å². The van der Waals surface area contributed by atoms with Crippen molar-refractivity contribution >= 4 is 34.5 Å². The van der Waals surface area contributed by atoms with Crippen LogP contribution in [0.15, 0.2) is 28.1 Å². The van der Waals surface area contributed by atoms with Crippen LogP contribution in [0.1, 0.15) is 57.9 Å². The van der Waals surface area contributed by atoms with E-state index in [2.05, 4.69) is 22.0 Å². The average molecular weight is 453 g/mol. The van der Waals surface area contributed by atoms with Gasteiger partial charge < -0.3 is 14.1 Å². The molecule has 8 heteroatoms. The van der Waals surface area contributed by atoms with Gasteiger partial charge in [0.15, 0.2) is 5.58 Å². The summed E-state index contributed by atoms with van der Waals surface area (Å²) >= 11 is 1.61. The van der Waals surface area contributed by atoms with E-state index in [1.54, 1.807) is 11.3 Å². The first-order chi connectivity index (χ1) is 15.4. The highest BCUT2D eigenvalue weighted by atomic mass is 32.1. The Morgan fingerprint density at radius 1 is 1.22 bits per heavy atom. The maximum atomic E-state index is 12.6. The standard InChI is InChI=1S/C24H28N4O3S/c1-24(2,3)31-23(29)28-15-11-16(28)13-27(12-15)22-26-19-17(14-5-4-6-14)7-8-18(20(19)30-22)21-25-9-10-32-21/h7-10,14-16H,4-6,11-13H2,1-3H3. The molecule has 2 atom stereocenters. The van der Waals surface area contributed by atoms with Crippen molar-refractivity contribution in [3.8, 4) is 10.6 Å². The zero-order valence-corrected chi connectivity index (χ0v) is 19.5. The van der Waals surface area contributed by atoms with Gasteiger partial charge in [-0.3, -0.25) is 4.90 Å². The summed E-state index contributed by atoms with van der Waals surface area (Å²) in [6.07, 6.45) is 6.33. The molecule has 0 radical (unpaired) electrons. The zero-order valence-electron chi connectivity index (χ0n) is 18.7. The lowest BCUT2D eigenvalue weighted by atomic mass is 9.79. The molecule has 2 aromatic heterocycles. The lowest BCUT2D eigenvalue weighted by molar-refractivity contribution is -0.0386. The van der Waals surface area contributed by atoms with Crippen molar-refractivity contribution in [2.24, 2.45) is 0 Å². The molecule has 1 aliphatic carbocycles. The molecular weight excluding hydrogens is 424 g/mol. The lowest BCUT2D eigenvalue weighted by Gasteiger charge is -2.55. The smallest absolute Gasteiger partial charge is 0.410 e. The van der Waals surface area contributed by atoms with Crippen molar-refractivity contribution in [3.05, 3.63) is 29.3 Å². The summed E-state index contributed by atoms with van der Waals surface area (Å²) in [6, 6.07) is 5.30. The molecule has 1 aromatic carbocycles. The van der Waals surface area contributed by atoms with E-state index in [0.29, 0.717) is 25.0 Å². The van der Waals surface area contributed by atoms with Crippen LogP contribution in [0.5, 0.6) is 0 Å². The maximum absolute atomic E-state index is 12.6. The molecule has 1 saturated carbocycles. The number of carbonyl (C=O) groups excluding carboxylic acids is 1. The molecule has 3 aromatic rings. The molecule has 2 unspecified atom stereocenters. The first kappa shape index (κ1) is 20.0. The van der Waals surface area contributed by atoms with E-state index in [1.807, 2.05) is 37.2 Å². The van der Waals surface area contributed by atoms with Crippen LogP contribution in [0.25, 0.3) is 21.7 Å². The van der Waals surface area contributed by atoms with Crippen LogP contribution in [0.4, 0.5) is 10.8 Å². The maximum Gasteiger partial charge on any atom is 0.410 e. The topological polar surface area (TPSA) is 71.7 Å². The van der Waals surface area contributed by atoms with Gasteiger partial charge in [0.2, 0.25) is 0 Å². The molecule has 4 aliphatic rings. The van der Waals surface area contributed by atoms with E-state index in [4.69, 9.17) is 14.1 Å². The number of thiazole rings is 1. The fourth-order valence-corrected chi connectivity index (χ4v) is 5.76. The molecule has 0 N–H and O–H groups in total. The van der Waals surface area contributed by atoms with E-state index >= 15 is 0 Å². The summed E-state index contributed by atoms with van der Waals surface area (Å²) in [5.74, 6) is 0.568. The molecule has 7 rings (SSSR count). The van der Waals surface area contributed by atoms with Gasteiger partial charge in [-0.25, -0.2) is 9.78 Å². The number of anilines is 1. The van der Waals surface area contributed by atoms with Gasteiger partial charge in [0, 0.05) is 24.7 Å². The van der Waals surface area contributed by atoms with Gasteiger partial charge in [-0.1, -0.05) is 12.5 Å². The van der Waals surface area contributed by atoms with Crippen molar-refractivity contribution in [1.82, 2.24) is 14.9 Å². The SMILES string of the molecule is CC(C)(C)OC(=O)N1C2CC1CN(c1nc3c(C4CCC4)ccc(-c4nccs4)c3o1)C2. The second kappa shape index (κ2) is 7.20. The minimum absolute atomic E-state index is 0.142. The summed E-state index contributed by atoms with van der Waals surface area (Å²) in [7, 11) is 0. The highest BCUT2D eigenvalue weighted by Crippen LogP contribution is 2.44. The number of hydrogen-bond donors (Lipinski definition) is 0. The number of benzene rings is 1. The Kier molecular flexibility index (Phi) is 4.51. The molecular formula is C24H28N4O3S. The number of fused-ring (bicyclic) bond motifs is 3. The highest BCUT2D eigenvalue weighted by molar-refractivity contribution is 7.13. The van der Waals surface area contributed by atoms with E-state index in [-0.39, 0.29) is 18.2 Å². The summed E-state index contributed by atoms with van der Waals surface area (Å²) in [5, 5.41) is 2.94. The predicted molar refractivity (Wildman–Crippen MR) is 124 cm³/mol. The van der Waals surface area contributed by atoms with E-state index < -0.39 is 5.60 Å². The summed E-state index contributed by atoms with van der Waals surface area (Å²) in [6.45, 7) is 7.16. The quantitative estimate of drug-likeness (QED) is 0.529. The molecule has 2 bridgehead atoms. The van der Waals surface area contributed by atoms with Crippen molar-refractivity contribution in [3.63, 3.8) is 0 Å². The van der Waals surface area contributed by atoms with Crippen LogP contribution < -0.4 is 4.90 Å². The zero-order chi connectivity index (χ0) is 22.0. The molecule has 32 heavy (non-hydrogen) atoms. The normalized spacial score (nSPS) is 23.2. The Balaban J connectivity index is 1.30. The Morgan fingerprint density at radius 3 is 2.62 bits per heavy atom. The molecule has 3 saturated heterocycles. The number of piperazine rings is 1. The van der Waals surface area contributed by atoms with Crippen LogP contribution in [0.2, 0.25) is 0 Å². The second-order valence-corrected chi connectivity index (χ2v) is 11.1. The minimum Gasteiger partial charge on any atom is -0.444 e. The van der Waals surface area contributed by atoms with E-state index in [0.717, 1.165) is 28.1 Å². The average Bonchev–Trinajstić information content (AvgIpc) is 3.35.